The Morgan fingerprint density at radius 3 is 1.85 bits per heavy atom. The van der Waals surface area contributed by atoms with Gasteiger partial charge in [-0.1, -0.05) is 56.3 Å². The van der Waals surface area contributed by atoms with E-state index >= 15 is 0 Å². The zero-order valence-corrected chi connectivity index (χ0v) is 27.0. The Bertz CT molecular complexity index is 1610. The molecule has 0 radical (unpaired) electrons. The molecule has 4 aromatic rings. The predicted molar refractivity (Wildman–Crippen MR) is 177 cm³/mol. The van der Waals surface area contributed by atoms with Gasteiger partial charge in [-0.25, -0.2) is 8.78 Å². The normalized spacial score (nSPS) is 14.1. The average molecular weight is 629 g/mol. The summed E-state index contributed by atoms with van der Waals surface area (Å²) in [5.74, 6) is 1.32. The van der Waals surface area contributed by atoms with Crippen molar-refractivity contribution in [2.24, 2.45) is 0 Å². The van der Waals surface area contributed by atoms with Gasteiger partial charge in [0.1, 0.15) is 11.6 Å². The second-order valence-corrected chi connectivity index (χ2v) is 12.0. The zero-order valence-electron chi connectivity index (χ0n) is 27.0. The Hall–Kier alpha value is -4.27. The number of ether oxygens (including phenoxy) is 3. The molecule has 0 amide bonds. The van der Waals surface area contributed by atoms with E-state index in [2.05, 4.69) is 23.6 Å². The van der Waals surface area contributed by atoms with E-state index in [1.54, 1.807) is 38.5 Å². The minimum Gasteiger partial charge on any atom is -0.493 e. The molecule has 1 fully saturated rings. The smallest absolute Gasteiger partial charge is 0.224 e. The molecule has 8 heteroatoms. The molecule has 0 spiro atoms. The van der Waals surface area contributed by atoms with Gasteiger partial charge < -0.3 is 14.2 Å². The van der Waals surface area contributed by atoms with E-state index in [1.165, 1.54) is 24.3 Å². The summed E-state index contributed by atoms with van der Waals surface area (Å²) in [7, 11) is 3.21. The third kappa shape index (κ3) is 8.11. The molecule has 242 valence electrons. The highest BCUT2D eigenvalue weighted by Crippen LogP contribution is 2.31. The molecule has 0 saturated carbocycles. The number of nitrogens with zero attached hydrogens (tertiary/aromatic N) is 2. The molecule has 1 heterocycles. The SMILES string of the molecule is COc1ccc(CCOc2cc(C(C)C)ccc(CN3CCN(C(c4ccc(F)cc4)c4ccc(F)cc4)CC3)c2=O)cc1OC. The van der Waals surface area contributed by atoms with E-state index in [4.69, 9.17) is 14.2 Å². The van der Waals surface area contributed by atoms with Gasteiger partial charge in [0, 0.05) is 44.7 Å². The standard InChI is InChI=1S/C38H42F2N2O4/c1-26(2)30-6-7-31(38(43)36(24-30)46-22-17-27-5-16-34(44-3)35(23-27)45-4)25-41-18-20-42(21-19-41)37(28-8-12-32(39)13-9-28)29-10-14-33(40)15-11-29/h5-16,23-24,26,37H,17-22,25H2,1-4H3. The molecular weight excluding hydrogens is 586 g/mol. The van der Waals surface area contributed by atoms with Gasteiger partial charge in [0.2, 0.25) is 5.43 Å². The molecule has 5 rings (SSSR count). The van der Waals surface area contributed by atoms with Gasteiger partial charge >= 0.3 is 0 Å². The Morgan fingerprint density at radius 2 is 1.28 bits per heavy atom. The lowest BCUT2D eigenvalue weighted by atomic mass is 9.96. The third-order valence-electron chi connectivity index (χ3n) is 8.59. The van der Waals surface area contributed by atoms with Gasteiger partial charge in [-0.2, -0.15) is 0 Å². The number of hydrogen-bond donors (Lipinski definition) is 0. The lowest BCUT2D eigenvalue weighted by Gasteiger charge is -2.39. The predicted octanol–water partition coefficient (Wildman–Crippen LogP) is 6.99. The lowest BCUT2D eigenvalue weighted by Crippen LogP contribution is -2.47. The van der Waals surface area contributed by atoms with E-state index < -0.39 is 0 Å². The van der Waals surface area contributed by atoms with E-state index in [0.29, 0.717) is 42.4 Å². The van der Waals surface area contributed by atoms with Crippen LogP contribution in [0.2, 0.25) is 0 Å². The molecular formula is C38H42F2N2O4. The van der Waals surface area contributed by atoms with Gasteiger partial charge in [-0.05, 0) is 70.6 Å². The minimum absolute atomic E-state index is 0.0999. The van der Waals surface area contributed by atoms with E-state index in [0.717, 1.165) is 48.4 Å². The first kappa shape index (κ1) is 33.1. The monoisotopic (exact) mass is 628 g/mol. The molecule has 0 unspecified atom stereocenters. The van der Waals surface area contributed by atoms with Crippen molar-refractivity contribution >= 4 is 0 Å². The first-order valence-corrected chi connectivity index (χ1v) is 15.7. The van der Waals surface area contributed by atoms with Crippen LogP contribution in [0.4, 0.5) is 8.78 Å². The quantitative estimate of drug-likeness (QED) is 0.169. The average Bonchev–Trinajstić information content (AvgIpc) is 3.22. The van der Waals surface area contributed by atoms with Crippen LogP contribution in [0.1, 0.15) is 53.6 Å². The Morgan fingerprint density at radius 1 is 0.696 bits per heavy atom. The second-order valence-electron chi connectivity index (χ2n) is 12.0. The molecule has 0 atom stereocenters. The summed E-state index contributed by atoms with van der Waals surface area (Å²) >= 11 is 0. The zero-order chi connectivity index (χ0) is 32.6. The van der Waals surface area contributed by atoms with E-state index in [-0.39, 0.29) is 29.0 Å². The fourth-order valence-corrected chi connectivity index (χ4v) is 5.93. The molecule has 0 N–H and O–H groups in total. The second kappa shape index (κ2) is 15.3. The van der Waals surface area contributed by atoms with Crippen molar-refractivity contribution in [3.05, 3.63) is 135 Å². The van der Waals surface area contributed by atoms with Crippen molar-refractivity contribution in [1.82, 2.24) is 9.80 Å². The molecule has 6 nitrogen and oxygen atoms in total. The number of rotatable bonds is 12. The fourth-order valence-electron chi connectivity index (χ4n) is 5.93. The Balaban J connectivity index is 1.29. The molecule has 1 aliphatic rings. The highest BCUT2D eigenvalue weighted by atomic mass is 19.1. The number of halogens is 2. The first-order valence-electron chi connectivity index (χ1n) is 15.7. The third-order valence-corrected chi connectivity index (χ3v) is 8.59. The van der Waals surface area contributed by atoms with Crippen LogP contribution in [0.3, 0.4) is 0 Å². The molecule has 46 heavy (non-hydrogen) atoms. The van der Waals surface area contributed by atoms with E-state index in [9.17, 15) is 13.6 Å². The van der Waals surface area contributed by atoms with Crippen LogP contribution in [-0.2, 0) is 13.0 Å². The molecule has 0 bridgehead atoms. The van der Waals surface area contributed by atoms with Crippen LogP contribution in [-0.4, -0.2) is 56.8 Å². The largest absolute Gasteiger partial charge is 0.493 e. The Kier molecular flexibility index (Phi) is 11.0. The van der Waals surface area contributed by atoms with Crippen molar-refractivity contribution in [2.75, 3.05) is 47.0 Å². The topological polar surface area (TPSA) is 51.2 Å². The molecule has 0 aromatic heterocycles. The summed E-state index contributed by atoms with van der Waals surface area (Å²) in [6.07, 6.45) is 0.607. The van der Waals surface area contributed by atoms with Crippen LogP contribution in [0.5, 0.6) is 17.2 Å². The molecule has 0 aliphatic carbocycles. The van der Waals surface area contributed by atoms with Crippen LogP contribution in [0.25, 0.3) is 0 Å². The molecule has 1 saturated heterocycles. The first-order chi connectivity index (χ1) is 22.2. The summed E-state index contributed by atoms with van der Waals surface area (Å²) in [5.41, 5.74) is 4.55. The maximum absolute atomic E-state index is 13.8. The lowest BCUT2D eigenvalue weighted by molar-refractivity contribution is 0.104. The highest BCUT2D eigenvalue weighted by Gasteiger charge is 2.27. The number of methoxy groups -OCH3 is 2. The van der Waals surface area contributed by atoms with Crippen molar-refractivity contribution in [2.45, 2.75) is 38.8 Å². The van der Waals surface area contributed by atoms with Gasteiger partial charge in [0.05, 0.1) is 26.9 Å². The summed E-state index contributed by atoms with van der Waals surface area (Å²) in [4.78, 5) is 18.4. The Labute approximate surface area is 270 Å². The number of hydrogen-bond acceptors (Lipinski definition) is 6. The van der Waals surface area contributed by atoms with Crippen LogP contribution >= 0.6 is 0 Å². The van der Waals surface area contributed by atoms with E-state index in [1.807, 2.05) is 36.4 Å². The highest BCUT2D eigenvalue weighted by molar-refractivity contribution is 5.43. The number of piperazine rings is 1. The van der Waals surface area contributed by atoms with Gasteiger partial charge in [-0.3, -0.25) is 14.6 Å². The number of benzene rings is 3. The van der Waals surface area contributed by atoms with Crippen molar-refractivity contribution < 1.29 is 23.0 Å². The minimum atomic E-state index is -0.291. The maximum atomic E-state index is 13.8. The summed E-state index contributed by atoms with van der Waals surface area (Å²) in [6.45, 7) is 8.00. The van der Waals surface area contributed by atoms with Gasteiger partial charge in [0.15, 0.2) is 17.2 Å². The maximum Gasteiger partial charge on any atom is 0.224 e. The van der Waals surface area contributed by atoms with Crippen molar-refractivity contribution in [3.8, 4) is 17.2 Å². The van der Waals surface area contributed by atoms with Crippen LogP contribution in [0.15, 0.2) is 89.7 Å². The summed E-state index contributed by atoms with van der Waals surface area (Å²) in [6, 6.07) is 24.5. The fraction of sp³-hybridized carbons (Fsp3) is 0.342. The molecule has 1 aliphatic heterocycles. The van der Waals surface area contributed by atoms with Crippen molar-refractivity contribution in [3.63, 3.8) is 0 Å². The van der Waals surface area contributed by atoms with Crippen LogP contribution in [0, 0.1) is 11.6 Å². The van der Waals surface area contributed by atoms with Gasteiger partial charge in [0.25, 0.3) is 0 Å². The van der Waals surface area contributed by atoms with Crippen LogP contribution < -0.4 is 19.6 Å². The van der Waals surface area contributed by atoms with Gasteiger partial charge in [-0.15, -0.1) is 0 Å². The molecule has 4 aromatic carbocycles. The summed E-state index contributed by atoms with van der Waals surface area (Å²) in [5, 5.41) is 0. The van der Waals surface area contributed by atoms with Crippen molar-refractivity contribution in [1.29, 1.82) is 0 Å². The summed E-state index contributed by atoms with van der Waals surface area (Å²) < 4.78 is 44.4.